The number of thioether (sulfide) groups is 1. The van der Waals surface area contributed by atoms with Crippen LogP contribution in [0.3, 0.4) is 0 Å². The zero-order valence-electron chi connectivity index (χ0n) is 20.0. The molecule has 0 saturated carbocycles. The number of carbonyl (C=O) groups is 2. The Bertz CT molecular complexity index is 1130. The first-order chi connectivity index (χ1) is 16.2. The topological polar surface area (TPSA) is 106 Å². The largest absolute Gasteiger partial charge is 0.483 e. The lowest BCUT2D eigenvalue weighted by atomic mass is 10.0. The van der Waals surface area contributed by atoms with Crippen LogP contribution in [0.1, 0.15) is 68.4 Å². The number of ether oxygens (including phenoxy) is 1. The summed E-state index contributed by atoms with van der Waals surface area (Å²) in [6.45, 7) is 10.6. The highest BCUT2D eigenvalue weighted by Gasteiger charge is 2.23. The summed E-state index contributed by atoms with van der Waals surface area (Å²) in [6.07, 6.45) is -0.316. The minimum absolute atomic E-state index is 0.163. The third kappa shape index (κ3) is 6.17. The number of hydrogen-bond donors (Lipinski definition) is 2. The van der Waals surface area contributed by atoms with E-state index in [1.165, 1.54) is 29.5 Å². The fourth-order valence-corrected chi connectivity index (χ4v) is 4.24. The molecule has 0 radical (unpaired) electrons. The van der Waals surface area contributed by atoms with Crippen LogP contribution in [0.15, 0.2) is 53.7 Å². The van der Waals surface area contributed by atoms with Gasteiger partial charge in [0.15, 0.2) is 17.1 Å². The minimum Gasteiger partial charge on any atom is -0.483 e. The number of amides is 1. The Kier molecular flexibility index (Phi) is 8.33. The van der Waals surface area contributed by atoms with Gasteiger partial charge in [0.05, 0.1) is 10.8 Å². The van der Waals surface area contributed by atoms with Crippen molar-refractivity contribution in [3.05, 3.63) is 65.5 Å². The van der Waals surface area contributed by atoms with E-state index in [0.29, 0.717) is 29.1 Å². The molecule has 2 unspecified atom stereocenters. The quantitative estimate of drug-likeness (QED) is 0.374. The van der Waals surface area contributed by atoms with Gasteiger partial charge in [-0.3, -0.25) is 4.79 Å². The number of nitrogens with one attached hydrogen (secondary N) is 1. The molecule has 1 amide bonds. The molecule has 0 bridgehead atoms. The number of carbonyl (C=O) groups excluding carboxylic acids is 1. The highest BCUT2D eigenvalue weighted by Crippen LogP contribution is 2.28. The number of hydrogen-bond acceptors (Lipinski definition) is 6. The molecule has 8 nitrogen and oxygen atoms in total. The number of carboxylic acid groups (broad SMARTS) is 1. The van der Waals surface area contributed by atoms with Crippen molar-refractivity contribution in [3.8, 4) is 5.75 Å². The number of anilines is 1. The van der Waals surface area contributed by atoms with E-state index >= 15 is 0 Å². The van der Waals surface area contributed by atoms with Crippen LogP contribution in [-0.4, -0.2) is 37.0 Å². The van der Waals surface area contributed by atoms with Gasteiger partial charge in [-0.15, -0.1) is 10.2 Å². The first kappa shape index (κ1) is 25.3. The van der Waals surface area contributed by atoms with Crippen LogP contribution in [0.2, 0.25) is 0 Å². The Labute approximate surface area is 203 Å². The van der Waals surface area contributed by atoms with Gasteiger partial charge in [0.2, 0.25) is 5.91 Å². The lowest BCUT2D eigenvalue weighted by Gasteiger charge is -2.17. The molecule has 1 heterocycles. The summed E-state index contributed by atoms with van der Waals surface area (Å²) in [5.74, 6) is 0.683. The minimum atomic E-state index is -1.01. The first-order valence-corrected chi connectivity index (χ1v) is 12.1. The molecule has 2 N–H and O–H groups in total. The first-order valence-electron chi connectivity index (χ1n) is 11.2. The van der Waals surface area contributed by atoms with Crippen LogP contribution in [0.4, 0.5) is 5.69 Å². The predicted octanol–water partition coefficient (Wildman–Crippen LogP) is 5.38. The van der Waals surface area contributed by atoms with Crippen LogP contribution in [0, 0.1) is 0 Å². The lowest BCUT2D eigenvalue weighted by molar-refractivity contribution is -0.115. The van der Waals surface area contributed by atoms with Crippen molar-refractivity contribution in [1.82, 2.24) is 14.8 Å². The Morgan fingerprint density at radius 1 is 1.03 bits per heavy atom. The molecule has 3 rings (SSSR count). The molecule has 3 aromatic rings. The highest BCUT2D eigenvalue weighted by atomic mass is 32.2. The average molecular weight is 483 g/mol. The van der Waals surface area contributed by atoms with Gasteiger partial charge in [-0.1, -0.05) is 37.7 Å². The number of carboxylic acids is 1. The summed E-state index contributed by atoms with van der Waals surface area (Å²) < 4.78 is 8.04. The fourth-order valence-electron chi connectivity index (χ4n) is 3.32. The van der Waals surface area contributed by atoms with E-state index in [2.05, 4.69) is 41.5 Å². The van der Waals surface area contributed by atoms with E-state index in [1.54, 1.807) is 19.1 Å². The van der Waals surface area contributed by atoms with Gasteiger partial charge in [0.25, 0.3) is 0 Å². The number of benzene rings is 2. The van der Waals surface area contributed by atoms with E-state index in [4.69, 9.17) is 9.84 Å². The van der Waals surface area contributed by atoms with Crippen molar-refractivity contribution in [3.63, 3.8) is 0 Å². The smallest absolute Gasteiger partial charge is 0.335 e. The van der Waals surface area contributed by atoms with Crippen molar-refractivity contribution < 1.29 is 19.4 Å². The van der Waals surface area contributed by atoms with Crippen molar-refractivity contribution in [2.75, 3.05) is 5.32 Å². The van der Waals surface area contributed by atoms with Gasteiger partial charge in [-0.05, 0) is 68.7 Å². The van der Waals surface area contributed by atoms with Gasteiger partial charge in [0, 0.05) is 12.2 Å². The predicted molar refractivity (Wildman–Crippen MR) is 133 cm³/mol. The zero-order valence-corrected chi connectivity index (χ0v) is 20.8. The number of aromatic carboxylic acids is 1. The van der Waals surface area contributed by atoms with Gasteiger partial charge in [-0.25, -0.2) is 4.79 Å². The lowest BCUT2D eigenvalue weighted by Crippen LogP contribution is -2.23. The summed E-state index contributed by atoms with van der Waals surface area (Å²) in [4.78, 5) is 23.6. The molecule has 0 saturated heterocycles. The van der Waals surface area contributed by atoms with Gasteiger partial charge in [0.1, 0.15) is 5.75 Å². The molecule has 0 spiro atoms. The average Bonchev–Trinajstić information content (AvgIpc) is 3.22. The zero-order chi connectivity index (χ0) is 24.8. The summed E-state index contributed by atoms with van der Waals surface area (Å²) in [5, 5.41) is 20.6. The summed E-state index contributed by atoms with van der Waals surface area (Å²) >= 11 is 1.31. The molecular formula is C25H30N4O4S. The highest BCUT2D eigenvalue weighted by molar-refractivity contribution is 8.00. The molecular weight excluding hydrogens is 452 g/mol. The second kappa shape index (κ2) is 11.2. The molecule has 2 aromatic carbocycles. The van der Waals surface area contributed by atoms with E-state index < -0.39 is 11.2 Å². The van der Waals surface area contributed by atoms with Gasteiger partial charge in [-0.2, -0.15) is 0 Å². The van der Waals surface area contributed by atoms with Crippen molar-refractivity contribution in [1.29, 1.82) is 0 Å². The molecule has 0 aliphatic rings. The Balaban J connectivity index is 1.65. The molecule has 1 aromatic heterocycles. The van der Waals surface area contributed by atoms with Gasteiger partial charge >= 0.3 is 5.97 Å². The van der Waals surface area contributed by atoms with E-state index in [-0.39, 0.29) is 17.6 Å². The van der Waals surface area contributed by atoms with Crippen molar-refractivity contribution in [2.24, 2.45) is 0 Å². The molecule has 0 aliphatic heterocycles. The fraction of sp³-hybridized carbons (Fsp3) is 0.360. The van der Waals surface area contributed by atoms with Crippen molar-refractivity contribution in [2.45, 2.75) is 63.6 Å². The Morgan fingerprint density at radius 3 is 2.24 bits per heavy atom. The molecule has 2 atom stereocenters. The molecule has 0 fully saturated rings. The van der Waals surface area contributed by atoms with Crippen LogP contribution >= 0.6 is 11.8 Å². The maximum atomic E-state index is 12.7. The summed E-state index contributed by atoms with van der Waals surface area (Å²) in [5.41, 5.74) is 1.95. The van der Waals surface area contributed by atoms with Crippen LogP contribution < -0.4 is 10.1 Å². The van der Waals surface area contributed by atoms with Crippen LogP contribution in [0.5, 0.6) is 5.75 Å². The second-order valence-electron chi connectivity index (χ2n) is 8.20. The number of aromatic nitrogens is 3. The Morgan fingerprint density at radius 2 is 1.68 bits per heavy atom. The molecule has 0 aliphatic carbocycles. The molecule has 34 heavy (non-hydrogen) atoms. The maximum absolute atomic E-state index is 12.7. The SMILES string of the molecule is CCn1c(SC(C)C(=O)Nc2ccc(C(=O)O)cc2)nnc1C(C)Oc1ccc(C(C)C)cc1. The maximum Gasteiger partial charge on any atom is 0.335 e. The molecule has 9 heteroatoms. The number of nitrogens with zero attached hydrogens (tertiary/aromatic N) is 3. The van der Waals surface area contributed by atoms with E-state index in [9.17, 15) is 9.59 Å². The third-order valence-electron chi connectivity index (χ3n) is 5.34. The third-order valence-corrected chi connectivity index (χ3v) is 6.42. The monoisotopic (exact) mass is 482 g/mol. The van der Waals surface area contributed by atoms with Crippen molar-refractivity contribution >= 4 is 29.3 Å². The number of rotatable bonds is 10. The standard InChI is InChI=1S/C25H30N4O4S/c1-6-29-22(16(4)33-21-13-9-18(10-14-21)15(2)3)27-28-25(29)34-17(5)23(30)26-20-11-7-19(8-12-20)24(31)32/h7-17H,6H2,1-5H3,(H,26,30)(H,31,32). The Hall–Kier alpha value is -3.33. The summed E-state index contributed by atoms with van der Waals surface area (Å²) in [7, 11) is 0. The summed E-state index contributed by atoms with van der Waals surface area (Å²) in [6, 6.07) is 14.1. The van der Waals surface area contributed by atoms with Crippen LogP contribution in [-0.2, 0) is 11.3 Å². The normalized spacial score (nSPS) is 12.9. The second-order valence-corrected chi connectivity index (χ2v) is 9.51. The van der Waals surface area contributed by atoms with Crippen LogP contribution in [0.25, 0.3) is 0 Å². The molecule has 180 valence electrons. The van der Waals surface area contributed by atoms with Gasteiger partial charge < -0.3 is 19.7 Å². The van der Waals surface area contributed by atoms with E-state index in [0.717, 1.165) is 5.75 Å². The van der Waals surface area contributed by atoms with E-state index in [1.807, 2.05) is 30.5 Å².